The molecule has 0 fully saturated rings. The Bertz CT molecular complexity index is 262. The van der Waals surface area contributed by atoms with Gasteiger partial charge in [-0.3, -0.25) is 9.68 Å². The van der Waals surface area contributed by atoms with E-state index in [4.69, 9.17) is 9.68 Å². The molecule has 0 radical (unpaired) electrons. The maximum Gasteiger partial charge on any atom is 0.0959 e. The number of hydrogen-bond donors (Lipinski definition) is 1. The van der Waals surface area contributed by atoms with Crippen LogP contribution in [0.15, 0.2) is 30.3 Å². The lowest BCUT2D eigenvalue weighted by Crippen LogP contribution is -2.25. The van der Waals surface area contributed by atoms with Crippen LogP contribution in [0.4, 0.5) is 0 Å². The van der Waals surface area contributed by atoms with Gasteiger partial charge in [-0.25, -0.2) is 0 Å². The van der Waals surface area contributed by atoms with Gasteiger partial charge in [-0.2, -0.15) is 0 Å². The Morgan fingerprint density at radius 1 is 1.13 bits per heavy atom. The zero-order valence-electron chi connectivity index (χ0n) is 9.57. The maximum atomic E-state index is 5.25. The van der Waals surface area contributed by atoms with Gasteiger partial charge in [0.2, 0.25) is 0 Å². The van der Waals surface area contributed by atoms with Crippen molar-refractivity contribution in [3.05, 3.63) is 35.9 Å². The summed E-state index contributed by atoms with van der Waals surface area (Å²) >= 11 is 0. The third kappa shape index (κ3) is 4.93. The van der Waals surface area contributed by atoms with Crippen LogP contribution in [0.1, 0.15) is 26.3 Å². The van der Waals surface area contributed by atoms with E-state index in [1.54, 1.807) is 0 Å². The molecule has 0 saturated carbocycles. The lowest BCUT2D eigenvalue weighted by Gasteiger charge is -2.16. The highest BCUT2D eigenvalue weighted by Crippen LogP contribution is 2.03. The van der Waals surface area contributed by atoms with Crippen LogP contribution in [-0.2, 0) is 16.3 Å². The van der Waals surface area contributed by atoms with Gasteiger partial charge in [-0.05, 0) is 18.4 Å². The normalized spacial score (nSPS) is 13.1. The van der Waals surface area contributed by atoms with Crippen LogP contribution in [0, 0.1) is 5.92 Å². The summed E-state index contributed by atoms with van der Waals surface area (Å²) < 4.78 is 0. The Morgan fingerprint density at radius 2 is 1.80 bits per heavy atom. The van der Waals surface area contributed by atoms with Crippen molar-refractivity contribution in [2.45, 2.75) is 33.5 Å². The largest absolute Gasteiger partial charge is 0.273 e. The molecule has 0 amide bonds. The van der Waals surface area contributed by atoms with E-state index in [0.717, 1.165) is 5.56 Å². The smallest absolute Gasteiger partial charge is 0.0959 e. The minimum Gasteiger partial charge on any atom is -0.273 e. The number of hydrogen-bond acceptors (Lipinski definition) is 3. The number of rotatable bonds is 6. The van der Waals surface area contributed by atoms with Crippen molar-refractivity contribution in [3.63, 3.8) is 0 Å². The Morgan fingerprint density at radius 3 is 2.40 bits per heavy atom. The second kappa shape index (κ2) is 6.56. The van der Waals surface area contributed by atoms with Gasteiger partial charge >= 0.3 is 0 Å². The SMILES string of the molecule is CC(C)C(C)ONOCc1ccccc1. The van der Waals surface area contributed by atoms with E-state index in [-0.39, 0.29) is 6.10 Å². The molecule has 1 aromatic carbocycles. The average Bonchev–Trinajstić information content (AvgIpc) is 2.25. The zero-order valence-corrected chi connectivity index (χ0v) is 9.57. The van der Waals surface area contributed by atoms with Gasteiger partial charge in [-0.1, -0.05) is 49.8 Å². The Kier molecular flexibility index (Phi) is 5.32. The van der Waals surface area contributed by atoms with Crippen LogP contribution in [0.3, 0.4) is 0 Å². The molecule has 15 heavy (non-hydrogen) atoms. The number of nitrogens with one attached hydrogen (secondary N) is 1. The molecule has 1 atom stereocenters. The molecular weight excluding hydrogens is 190 g/mol. The van der Waals surface area contributed by atoms with E-state index in [9.17, 15) is 0 Å². The lowest BCUT2D eigenvalue weighted by molar-refractivity contribution is -0.208. The summed E-state index contributed by atoms with van der Waals surface area (Å²) in [6, 6.07) is 9.96. The van der Waals surface area contributed by atoms with Gasteiger partial charge in [0.1, 0.15) is 0 Å². The van der Waals surface area contributed by atoms with Crippen molar-refractivity contribution in [2.75, 3.05) is 0 Å². The van der Waals surface area contributed by atoms with Gasteiger partial charge in [0.05, 0.1) is 12.7 Å². The van der Waals surface area contributed by atoms with Crippen LogP contribution < -0.4 is 5.64 Å². The molecule has 0 aliphatic rings. The second-order valence-corrected chi connectivity index (χ2v) is 3.92. The van der Waals surface area contributed by atoms with Crippen molar-refractivity contribution in [1.29, 1.82) is 0 Å². The molecule has 0 aromatic heterocycles. The molecule has 3 heteroatoms. The molecule has 0 spiro atoms. The first-order valence-corrected chi connectivity index (χ1v) is 5.26. The highest BCUT2D eigenvalue weighted by atomic mass is 16.9. The summed E-state index contributed by atoms with van der Waals surface area (Å²) in [5, 5.41) is 0. The minimum atomic E-state index is 0.140. The molecule has 3 nitrogen and oxygen atoms in total. The van der Waals surface area contributed by atoms with Crippen LogP contribution in [-0.4, -0.2) is 6.10 Å². The fourth-order valence-electron chi connectivity index (χ4n) is 0.933. The minimum absolute atomic E-state index is 0.140. The molecular formula is C12H19NO2. The number of benzene rings is 1. The van der Waals surface area contributed by atoms with Gasteiger partial charge < -0.3 is 0 Å². The molecule has 0 bridgehead atoms. The van der Waals surface area contributed by atoms with Crippen LogP contribution in [0.5, 0.6) is 0 Å². The van der Waals surface area contributed by atoms with Gasteiger partial charge in [0.25, 0.3) is 0 Å². The molecule has 0 aliphatic carbocycles. The summed E-state index contributed by atoms with van der Waals surface area (Å²) in [7, 11) is 0. The van der Waals surface area contributed by atoms with Crippen molar-refractivity contribution in [2.24, 2.45) is 5.92 Å². The Balaban J connectivity index is 2.12. The summed E-state index contributed by atoms with van der Waals surface area (Å²) in [6.07, 6.45) is 0.140. The predicted octanol–water partition coefficient (Wildman–Crippen LogP) is 2.68. The molecule has 1 rings (SSSR count). The lowest BCUT2D eigenvalue weighted by atomic mass is 10.1. The fraction of sp³-hybridized carbons (Fsp3) is 0.500. The van der Waals surface area contributed by atoms with Crippen LogP contribution in [0.25, 0.3) is 0 Å². The summed E-state index contributed by atoms with van der Waals surface area (Å²) in [4.78, 5) is 10.4. The second-order valence-electron chi connectivity index (χ2n) is 3.92. The van der Waals surface area contributed by atoms with Gasteiger partial charge in [0.15, 0.2) is 0 Å². The molecule has 1 N–H and O–H groups in total. The quantitative estimate of drug-likeness (QED) is 0.577. The van der Waals surface area contributed by atoms with E-state index >= 15 is 0 Å². The van der Waals surface area contributed by atoms with Crippen LogP contribution in [0.2, 0.25) is 0 Å². The van der Waals surface area contributed by atoms with E-state index in [2.05, 4.69) is 19.5 Å². The predicted molar refractivity (Wildman–Crippen MR) is 59.8 cm³/mol. The van der Waals surface area contributed by atoms with E-state index in [1.807, 2.05) is 37.3 Å². The summed E-state index contributed by atoms with van der Waals surface area (Å²) in [5.74, 6) is 0.470. The van der Waals surface area contributed by atoms with Crippen molar-refractivity contribution >= 4 is 0 Å². The van der Waals surface area contributed by atoms with E-state index in [0.29, 0.717) is 12.5 Å². The average molecular weight is 209 g/mol. The van der Waals surface area contributed by atoms with Crippen molar-refractivity contribution in [3.8, 4) is 0 Å². The van der Waals surface area contributed by atoms with E-state index in [1.165, 1.54) is 0 Å². The first-order chi connectivity index (χ1) is 7.20. The molecule has 84 valence electrons. The Labute approximate surface area is 91.3 Å². The van der Waals surface area contributed by atoms with Crippen LogP contribution >= 0.6 is 0 Å². The van der Waals surface area contributed by atoms with Crippen molar-refractivity contribution < 1.29 is 9.68 Å². The first-order valence-electron chi connectivity index (χ1n) is 5.26. The first kappa shape index (κ1) is 12.2. The highest BCUT2D eigenvalue weighted by molar-refractivity contribution is 5.13. The van der Waals surface area contributed by atoms with Crippen molar-refractivity contribution in [1.82, 2.24) is 5.64 Å². The standard InChI is InChI=1S/C12H19NO2/c1-10(2)11(3)15-13-14-9-12-7-5-4-6-8-12/h4-8,10-11,13H,9H2,1-3H3. The third-order valence-electron chi connectivity index (χ3n) is 2.31. The molecule has 1 unspecified atom stereocenters. The molecule has 1 aromatic rings. The van der Waals surface area contributed by atoms with Gasteiger partial charge in [-0.15, -0.1) is 0 Å². The highest BCUT2D eigenvalue weighted by Gasteiger charge is 2.06. The fourth-order valence-corrected chi connectivity index (χ4v) is 0.933. The van der Waals surface area contributed by atoms with Gasteiger partial charge in [0, 0.05) is 0 Å². The third-order valence-corrected chi connectivity index (χ3v) is 2.31. The molecule has 0 saturated heterocycles. The van der Waals surface area contributed by atoms with E-state index < -0.39 is 0 Å². The summed E-state index contributed by atoms with van der Waals surface area (Å²) in [6.45, 7) is 6.71. The molecule has 0 heterocycles. The topological polar surface area (TPSA) is 30.5 Å². The molecule has 0 aliphatic heterocycles. The summed E-state index contributed by atoms with van der Waals surface area (Å²) in [5.41, 5.74) is 3.63. The zero-order chi connectivity index (χ0) is 11.1. The maximum absolute atomic E-state index is 5.25. The Hall–Kier alpha value is -0.900. The monoisotopic (exact) mass is 209 g/mol.